The van der Waals surface area contributed by atoms with Crippen LogP contribution in [0.4, 0.5) is 8.78 Å². The van der Waals surface area contributed by atoms with Crippen molar-refractivity contribution in [1.29, 1.82) is 0 Å². The summed E-state index contributed by atoms with van der Waals surface area (Å²) in [6.45, 7) is 0.258. The van der Waals surface area contributed by atoms with Gasteiger partial charge in [-0.3, -0.25) is 10.1 Å². The Morgan fingerprint density at radius 3 is 2.65 bits per heavy atom. The molecule has 20 heavy (non-hydrogen) atoms. The number of carbonyl (C=O) groups excluding carboxylic acids is 1. The highest BCUT2D eigenvalue weighted by atomic mass is 35.5. The maximum Gasteiger partial charge on any atom is 0.262 e. The zero-order valence-electron chi connectivity index (χ0n) is 11.5. The summed E-state index contributed by atoms with van der Waals surface area (Å²) in [4.78, 5) is 11.8. The molecule has 1 saturated heterocycles. The molecule has 4 unspecified atom stereocenters. The quantitative estimate of drug-likeness (QED) is 0.837. The van der Waals surface area contributed by atoms with Crippen molar-refractivity contribution in [2.75, 3.05) is 13.1 Å². The van der Waals surface area contributed by atoms with Gasteiger partial charge in [0.15, 0.2) is 0 Å². The maximum absolute atomic E-state index is 13.0. The number of halogens is 3. The average Bonchev–Trinajstić information content (AvgIpc) is 3.03. The summed E-state index contributed by atoms with van der Waals surface area (Å²) in [5.41, 5.74) is 0. The van der Waals surface area contributed by atoms with Crippen LogP contribution in [0.1, 0.15) is 38.5 Å². The number of rotatable bonds is 4. The van der Waals surface area contributed by atoms with E-state index < -0.39 is 12.0 Å². The Labute approximate surface area is 124 Å². The van der Waals surface area contributed by atoms with Gasteiger partial charge in [-0.15, -0.1) is 12.4 Å². The Morgan fingerprint density at radius 2 is 2.10 bits per heavy atom. The standard InChI is InChI=1S/C14H22F2N2O.ClH/c15-14(16)7-12(18-8-14)13(19)17-4-3-11-6-9-1-2-10(11)5-9;/h9-12,18H,1-8H2,(H,17,19);1H. The first-order valence-corrected chi connectivity index (χ1v) is 7.42. The van der Waals surface area contributed by atoms with Crippen molar-refractivity contribution in [3.8, 4) is 0 Å². The van der Waals surface area contributed by atoms with Gasteiger partial charge in [0.25, 0.3) is 5.92 Å². The Kier molecular flexibility index (Phi) is 4.90. The van der Waals surface area contributed by atoms with Crippen LogP contribution in [0.25, 0.3) is 0 Å². The van der Waals surface area contributed by atoms with E-state index in [0.29, 0.717) is 6.54 Å². The van der Waals surface area contributed by atoms with Crippen LogP contribution >= 0.6 is 12.4 Å². The van der Waals surface area contributed by atoms with Crippen LogP contribution in [0.5, 0.6) is 0 Å². The molecule has 0 aromatic carbocycles. The van der Waals surface area contributed by atoms with E-state index in [9.17, 15) is 13.6 Å². The molecule has 2 aliphatic carbocycles. The number of nitrogens with one attached hydrogen (secondary N) is 2. The molecular formula is C14H23ClF2N2O. The van der Waals surface area contributed by atoms with E-state index in [1.165, 1.54) is 25.7 Å². The van der Waals surface area contributed by atoms with E-state index in [4.69, 9.17) is 0 Å². The lowest BCUT2D eigenvalue weighted by molar-refractivity contribution is -0.123. The molecular weight excluding hydrogens is 286 g/mol. The molecule has 4 atom stereocenters. The van der Waals surface area contributed by atoms with Crippen LogP contribution in [0.15, 0.2) is 0 Å². The van der Waals surface area contributed by atoms with Crippen LogP contribution in [0.3, 0.4) is 0 Å². The zero-order chi connectivity index (χ0) is 13.5. The summed E-state index contributed by atoms with van der Waals surface area (Å²) in [5, 5.41) is 5.40. The van der Waals surface area contributed by atoms with Crippen molar-refractivity contribution in [1.82, 2.24) is 10.6 Å². The second-order valence-electron chi connectivity index (χ2n) is 6.51. The summed E-state index contributed by atoms with van der Waals surface area (Å²) >= 11 is 0. The van der Waals surface area contributed by atoms with Crippen LogP contribution < -0.4 is 10.6 Å². The number of hydrogen-bond acceptors (Lipinski definition) is 2. The van der Waals surface area contributed by atoms with Crippen molar-refractivity contribution in [3.63, 3.8) is 0 Å². The van der Waals surface area contributed by atoms with E-state index in [0.717, 1.165) is 24.2 Å². The summed E-state index contributed by atoms with van der Waals surface area (Å²) in [5.74, 6) is -0.471. The van der Waals surface area contributed by atoms with Crippen molar-refractivity contribution in [2.45, 2.75) is 50.5 Å². The Bertz CT molecular complexity index is 367. The molecule has 0 aromatic rings. The molecule has 2 N–H and O–H groups in total. The van der Waals surface area contributed by atoms with Gasteiger partial charge in [0, 0.05) is 13.0 Å². The van der Waals surface area contributed by atoms with E-state index in [1.807, 2.05) is 0 Å². The molecule has 3 rings (SSSR count). The minimum atomic E-state index is -2.73. The van der Waals surface area contributed by atoms with E-state index in [1.54, 1.807) is 0 Å². The SMILES string of the molecule is Cl.O=C(NCCC1CC2CCC1C2)C1CC(F)(F)CN1. The number of carbonyl (C=O) groups is 1. The molecule has 0 spiro atoms. The largest absolute Gasteiger partial charge is 0.355 e. The number of alkyl halides is 2. The minimum Gasteiger partial charge on any atom is -0.355 e. The molecule has 3 nitrogen and oxygen atoms in total. The molecule has 3 fully saturated rings. The predicted molar refractivity (Wildman–Crippen MR) is 75.2 cm³/mol. The third-order valence-corrected chi connectivity index (χ3v) is 5.13. The lowest BCUT2D eigenvalue weighted by Gasteiger charge is -2.22. The highest BCUT2D eigenvalue weighted by molar-refractivity contribution is 5.85. The van der Waals surface area contributed by atoms with Crippen molar-refractivity contribution in [3.05, 3.63) is 0 Å². The fraction of sp³-hybridized carbons (Fsp3) is 0.929. The molecule has 1 amide bonds. The maximum atomic E-state index is 13.0. The van der Waals surface area contributed by atoms with Gasteiger partial charge in [0.1, 0.15) is 0 Å². The Morgan fingerprint density at radius 1 is 1.30 bits per heavy atom. The molecule has 3 aliphatic rings. The van der Waals surface area contributed by atoms with Gasteiger partial charge in [-0.1, -0.05) is 6.42 Å². The Hall–Kier alpha value is -0.420. The smallest absolute Gasteiger partial charge is 0.262 e. The first-order valence-electron chi connectivity index (χ1n) is 7.42. The van der Waals surface area contributed by atoms with Crippen molar-refractivity contribution >= 4 is 18.3 Å². The fourth-order valence-corrected chi connectivity index (χ4v) is 4.13. The predicted octanol–water partition coefficient (Wildman–Crippen LogP) is 2.35. The monoisotopic (exact) mass is 308 g/mol. The number of amides is 1. The van der Waals surface area contributed by atoms with Crippen LogP contribution in [-0.4, -0.2) is 31.0 Å². The molecule has 6 heteroatoms. The first-order chi connectivity index (χ1) is 9.03. The highest BCUT2D eigenvalue weighted by Gasteiger charge is 2.42. The number of hydrogen-bond donors (Lipinski definition) is 2. The second-order valence-corrected chi connectivity index (χ2v) is 6.51. The third kappa shape index (κ3) is 3.42. The molecule has 1 aliphatic heterocycles. The highest BCUT2D eigenvalue weighted by Crippen LogP contribution is 2.49. The van der Waals surface area contributed by atoms with E-state index in [-0.39, 0.29) is 31.3 Å². The summed E-state index contributed by atoms with van der Waals surface area (Å²) < 4.78 is 26.0. The molecule has 2 saturated carbocycles. The molecule has 0 radical (unpaired) electrons. The minimum absolute atomic E-state index is 0. The third-order valence-electron chi connectivity index (χ3n) is 5.13. The summed E-state index contributed by atoms with van der Waals surface area (Å²) in [6.07, 6.45) is 6.05. The van der Waals surface area contributed by atoms with E-state index >= 15 is 0 Å². The van der Waals surface area contributed by atoms with Gasteiger partial charge in [-0.25, -0.2) is 8.78 Å². The van der Waals surface area contributed by atoms with Crippen LogP contribution in [-0.2, 0) is 4.79 Å². The summed E-state index contributed by atoms with van der Waals surface area (Å²) in [7, 11) is 0. The Balaban J connectivity index is 0.00000147. The first kappa shape index (κ1) is 16.0. The van der Waals surface area contributed by atoms with Gasteiger partial charge in [0.2, 0.25) is 5.91 Å². The topological polar surface area (TPSA) is 41.1 Å². The average molecular weight is 309 g/mol. The van der Waals surface area contributed by atoms with Gasteiger partial charge < -0.3 is 5.32 Å². The lowest BCUT2D eigenvalue weighted by atomic mass is 9.86. The van der Waals surface area contributed by atoms with Gasteiger partial charge in [0.05, 0.1) is 12.6 Å². The molecule has 116 valence electrons. The molecule has 2 bridgehead atoms. The van der Waals surface area contributed by atoms with Crippen LogP contribution in [0, 0.1) is 17.8 Å². The molecule has 1 heterocycles. The lowest BCUT2D eigenvalue weighted by Crippen LogP contribution is -2.41. The van der Waals surface area contributed by atoms with Crippen LogP contribution in [0.2, 0.25) is 0 Å². The fourth-order valence-electron chi connectivity index (χ4n) is 4.13. The van der Waals surface area contributed by atoms with E-state index in [2.05, 4.69) is 10.6 Å². The molecule has 0 aromatic heterocycles. The summed E-state index contributed by atoms with van der Waals surface area (Å²) in [6, 6.07) is -0.713. The van der Waals surface area contributed by atoms with Gasteiger partial charge in [-0.05, 0) is 43.4 Å². The van der Waals surface area contributed by atoms with Gasteiger partial charge >= 0.3 is 0 Å². The van der Waals surface area contributed by atoms with Crippen molar-refractivity contribution < 1.29 is 13.6 Å². The second kappa shape index (κ2) is 6.14. The van der Waals surface area contributed by atoms with Crippen molar-refractivity contribution in [2.24, 2.45) is 17.8 Å². The van der Waals surface area contributed by atoms with Gasteiger partial charge in [-0.2, -0.15) is 0 Å². The number of fused-ring (bicyclic) bond motifs is 2. The normalized spacial score (nSPS) is 37.7. The zero-order valence-corrected chi connectivity index (χ0v) is 12.4.